The molecule has 2 amide bonds. The molecule has 0 bridgehead atoms. The van der Waals surface area contributed by atoms with Gasteiger partial charge in [0.2, 0.25) is 5.91 Å². The van der Waals surface area contributed by atoms with E-state index in [0.29, 0.717) is 11.4 Å². The van der Waals surface area contributed by atoms with Gasteiger partial charge in [-0.3, -0.25) is 9.59 Å². The smallest absolute Gasteiger partial charge is 0.446 e. The highest BCUT2D eigenvalue weighted by Gasteiger charge is 2.29. The van der Waals surface area contributed by atoms with Gasteiger partial charge in [-0.15, -0.1) is 0 Å². The summed E-state index contributed by atoms with van der Waals surface area (Å²) >= 11 is -0.254. The lowest BCUT2D eigenvalue weighted by molar-refractivity contribution is -0.116. The fourth-order valence-electron chi connectivity index (χ4n) is 2.18. The van der Waals surface area contributed by atoms with E-state index in [4.69, 9.17) is 4.74 Å². The summed E-state index contributed by atoms with van der Waals surface area (Å²) in [7, 11) is 2.97. The number of likely N-dealkylation sites (N-methyl/N-ethyl adjacent to an activating group) is 1. The van der Waals surface area contributed by atoms with Crippen molar-refractivity contribution in [3.05, 3.63) is 54.1 Å². The van der Waals surface area contributed by atoms with Gasteiger partial charge >= 0.3 is 5.51 Å². The molecule has 9 heteroatoms. The van der Waals surface area contributed by atoms with E-state index in [1.54, 1.807) is 24.3 Å². The van der Waals surface area contributed by atoms with Crippen molar-refractivity contribution in [2.75, 3.05) is 26.0 Å². The van der Waals surface area contributed by atoms with Crippen LogP contribution in [0.15, 0.2) is 53.4 Å². The Kier molecular flexibility index (Phi) is 6.73. The number of ether oxygens (including phenoxy) is 1. The maximum atomic E-state index is 12.3. The van der Waals surface area contributed by atoms with Gasteiger partial charge in [-0.05, 0) is 60.3 Å². The van der Waals surface area contributed by atoms with Crippen molar-refractivity contribution in [2.45, 2.75) is 10.4 Å². The standard InChI is InChI=1S/C18H17F3N2O3S/c1-23(11-16(24)22-13-5-7-14(26-2)8-6-13)17(25)12-3-9-15(10-4-12)27-18(19,20)21/h3-10H,11H2,1-2H3,(H,22,24). The summed E-state index contributed by atoms with van der Waals surface area (Å²) in [5.74, 6) is -0.226. The van der Waals surface area contributed by atoms with Crippen LogP contribution >= 0.6 is 11.8 Å². The minimum absolute atomic E-state index is 0.0149. The molecule has 0 spiro atoms. The monoisotopic (exact) mass is 398 g/mol. The van der Waals surface area contributed by atoms with Gasteiger partial charge in [0.25, 0.3) is 5.91 Å². The highest BCUT2D eigenvalue weighted by molar-refractivity contribution is 8.00. The number of rotatable bonds is 6. The van der Waals surface area contributed by atoms with Crippen LogP contribution < -0.4 is 10.1 Å². The van der Waals surface area contributed by atoms with Crippen LogP contribution in [0.4, 0.5) is 18.9 Å². The number of methoxy groups -OCH3 is 1. The summed E-state index contributed by atoms with van der Waals surface area (Å²) in [4.78, 5) is 25.5. The zero-order valence-corrected chi connectivity index (χ0v) is 15.4. The van der Waals surface area contributed by atoms with Crippen LogP contribution in [-0.2, 0) is 4.79 Å². The van der Waals surface area contributed by atoms with Gasteiger partial charge in [0.05, 0.1) is 13.7 Å². The SMILES string of the molecule is COc1ccc(NC(=O)CN(C)C(=O)c2ccc(SC(F)(F)F)cc2)cc1. The van der Waals surface area contributed by atoms with Crippen molar-refractivity contribution in [1.82, 2.24) is 4.90 Å². The van der Waals surface area contributed by atoms with E-state index in [0.717, 1.165) is 0 Å². The number of nitrogens with one attached hydrogen (secondary N) is 1. The number of carbonyl (C=O) groups excluding carboxylic acids is 2. The molecular weight excluding hydrogens is 381 g/mol. The zero-order valence-electron chi connectivity index (χ0n) is 14.5. The summed E-state index contributed by atoms with van der Waals surface area (Å²) in [5.41, 5.74) is -3.64. The third-order valence-corrected chi connectivity index (χ3v) is 4.18. The van der Waals surface area contributed by atoms with Crippen molar-refractivity contribution in [3.63, 3.8) is 0 Å². The first-order valence-corrected chi connectivity index (χ1v) is 8.55. The predicted octanol–water partition coefficient (Wildman–Crippen LogP) is 4.02. The molecule has 0 saturated carbocycles. The Bertz CT molecular complexity index is 793. The molecule has 5 nitrogen and oxygen atoms in total. The molecular formula is C18H17F3N2O3S. The fourth-order valence-corrected chi connectivity index (χ4v) is 2.72. The third kappa shape index (κ3) is 6.52. The molecule has 2 rings (SSSR count). The number of alkyl halides is 3. The Balaban J connectivity index is 1.92. The number of hydrogen-bond acceptors (Lipinski definition) is 4. The average molecular weight is 398 g/mol. The first-order chi connectivity index (χ1) is 12.7. The highest BCUT2D eigenvalue weighted by atomic mass is 32.2. The molecule has 0 unspecified atom stereocenters. The van der Waals surface area contributed by atoms with Crippen molar-refractivity contribution < 1.29 is 27.5 Å². The van der Waals surface area contributed by atoms with E-state index in [2.05, 4.69) is 5.32 Å². The van der Waals surface area contributed by atoms with Crippen LogP contribution in [-0.4, -0.2) is 42.9 Å². The molecule has 0 aliphatic carbocycles. The number of anilines is 1. The van der Waals surface area contributed by atoms with Crippen molar-refractivity contribution in [2.24, 2.45) is 0 Å². The first kappa shape index (κ1) is 20.6. The molecule has 2 aromatic rings. The van der Waals surface area contributed by atoms with Crippen LogP contribution in [0.3, 0.4) is 0 Å². The second-order valence-corrected chi connectivity index (χ2v) is 6.65. The van der Waals surface area contributed by atoms with Gasteiger partial charge < -0.3 is 15.0 Å². The Morgan fingerprint density at radius 2 is 1.67 bits per heavy atom. The van der Waals surface area contributed by atoms with Crippen LogP contribution in [0, 0.1) is 0 Å². The van der Waals surface area contributed by atoms with Crippen molar-refractivity contribution >= 4 is 29.3 Å². The number of amides is 2. The normalized spacial score (nSPS) is 11.0. The van der Waals surface area contributed by atoms with E-state index in [1.165, 1.54) is 43.3 Å². The quantitative estimate of drug-likeness (QED) is 0.747. The molecule has 0 heterocycles. The van der Waals surface area contributed by atoms with Crippen LogP contribution in [0.1, 0.15) is 10.4 Å². The Morgan fingerprint density at radius 1 is 1.07 bits per heavy atom. The molecule has 0 saturated heterocycles. The first-order valence-electron chi connectivity index (χ1n) is 7.73. The number of hydrogen-bond donors (Lipinski definition) is 1. The number of halogens is 3. The van der Waals surface area contributed by atoms with E-state index in [1.807, 2.05) is 0 Å². The van der Waals surface area contributed by atoms with Crippen LogP contribution in [0.5, 0.6) is 5.75 Å². The Labute approximate surface area is 158 Å². The van der Waals surface area contributed by atoms with Gasteiger partial charge in [0.1, 0.15) is 5.75 Å². The summed E-state index contributed by atoms with van der Waals surface area (Å²) in [6, 6.07) is 11.7. The zero-order chi connectivity index (χ0) is 20.0. The van der Waals surface area contributed by atoms with E-state index in [9.17, 15) is 22.8 Å². The molecule has 2 aromatic carbocycles. The lowest BCUT2D eigenvalue weighted by atomic mass is 10.2. The van der Waals surface area contributed by atoms with Gasteiger partial charge in [-0.1, -0.05) is 0 Å². The second-order valence-electron chi connectivity index (χ2n) is 5.51. The topological polar surface area (TPSA) is 58.6 Å². The molecule has 0 aromatic heterocycles. The average Bonchev–Trinajstić information content (AvgIpc) is 2.61. The number of nitrogens with zero attached hydrogens (tertiary/aromatic N) is 1. The number of thioether (sulfide) groups is 1. The van der Waals surface area contributed by atoms with Gasteiger partial charge in [-0.25, -0.2) is 0 Å². The summed E-state index contributed by atoms with van der Waals surface area (Å²) in [6.45, 7) is -0.204. The maximum absolute atomic E-state index is 12.3. The lowest BCUT2D eigenvalue weighted by Crippen LogP contribution is -2.34. The molecule has 0 aliphatic heterocycles. The van der Waals surface area contributed by atoms with Crippen LogP contribution in [0.2, 0.25) is 0 Å². The van der Waals surface area contributed by atoms with Gasteiger partial charge in [0.15, 0.2) is 0 Å². The minimum atomic E-state index is -4.39. The molecule has 0 fully saturated rings. The predicted molar refractivity (Wildman–Crippen MR) is 96.9 cm³/mol. The Hall–Kier alpha value is -2.68. The highest BCUT2D eigenvalue weighted by Crippen LogP contribution is 2.36. The van der Waals surface area contributed by atoms with E-state index in [-0.39, 0.29) is 28.8 Å². The molecule has 1 N–H and O–H groups in total. The molecule has 0 radical (unpaired) electrons. The summed E-state index contributed by atoms with van der Waals surface area (Å²) in [5, 5.41) is 2.65. The molecule has 0 atom stereocenters. The fraction of sp³-hybridized carbons (Fsp3) is 0.222. The molecule has 27 heavy (non-hydrogen) atoms. The maximum Gasteiger partial charge on any atom is 0.446 e. The van der Waals surface area contributed by atoms with Crippen LogP contribution in [0.25, 0.3) is 0 Å². The van der Waals surface area contributed by atoms with Crippen molar-refractivity contribution in [3.8, 4) is 5.75 Å². The summed E-state index contributed by atoms with van der Waals surface area (Å²) < 4.78 is 42.0. The largest absolute Gasteiger partial charge is 0.497 e. The third-order valence-electron chi connectivity index (χ3n) is 3.44. The van der Waals surface area contributed by atoms with Gasteiger partial charge in [0, 0.05) is 23.2 Å². The summed E-state index contributed by atoms with van der Waals surface area (Å²) in [6.07, 6.45) is 0. The van der Waals surface area contributed by atoms with E-state index < -0.39 is 17.3 Å². The van der Waals surface area contributed by atoms with E-state index >= 15 is 0 Å². The molecule has 0 aliphatic rings. The molecule has 144 valence electrons. The number of benzene rings is 2. The van der Waals surface area contributed by atoms with Gasteiger partial charge in [-0.2, -0.15) is 13.2 Å². The Morgan fingerprint density at radius 3 is 2.19 bits per heavy atom. The minimum Gasteiger partial charge on any atom is -0.497 e. The van der Waals surface area contributed by atoms with Crippen molar-refractivity contribution in [1.29, 1.82) is 0 Å². The number of carbonyl (C=O) groups is 2. The second kappa shape index (κ2) is 8.81. The lowest BCUT2D eigenvalue weighted by Gasteiger charge is -2.17.